The van der Waals surface area contributed by atoms with Crippen LogP contribution in [0.4, 0.5) is 17.8 Å². The minimum absolute atomic E-state index is 0.371. The molecule has 1 aromatic heterocycles. The number of hydrogen-bond donors (Lipinski definition) is 3. The molecule has 1 aliphatic rings. The number of anilines is 3. The maximum Gasteiger partial charge on any atom is 0.243 e. The monoisotopic (exact) mass is 267 g/mol. The van der Waals surface area contributed by atoms with Crippen LogP contribution in [0.1, 0.15) is 19.8 Å². The molecule has 0 spiro atoms. The second-order valence-electron chi connectivity index (χ2n) is 4.31. The smallest absolute Gasteiger partial charge is 0.243 e. The number of unbranched alkanes of at least 4 members (excludes halogenated alkanes) is 1. The van der Waals surface area contributed by atoms with Gasteiger partial charge in [0.2, 0.25) is 17.8 Å². The molecule has 1 aliphatic heterocycles. The van der Waals surface area contributed by atoms with Crippen LogP contribution in [-0.2, 0) is 4.74 Å². The number of rotatable bonds is 6. The van der Waals surface area contributed by atoms with Gasteiger partial charge in [0.15, 0.2) is 0 Å². The molecular formula is C11H21N7O. The zero-order valence-electron chi connectivity index (χ0n) is 11.2. The number of morpholine rings is 1. The van der Waals surface area contributed by atoms with Gasteiger partial charge in [-0.05, 0) is 6.42 Å². The third kappa shape index (κ3) is 3.90. The Labute approximate surface area is 112 Å². The Morgan fingerprint density at radius 1 is 1.21 bits per heavy atom. The molecule has 0 saturated carbocycles. The fraction of sp³-hybridized carbons (Fsp3) is 0.727. The largest absolute Gasteiger partial charge is 0.378 e. The molecule has 0 bridgehead atoms. The lowest BCUT2D eigenvalue weighted by atomic mass is 10.3. The first kappa shape index (κ1) is 13.8. The maximum absolute atomic E-state index is 5.40. The molecule has 19 heavy (non-hydrogen) atoms. The summed E-state index contributed by atoms with van der Waals surface area (Å²) < 4.78 is 5.32. The summed E-state index contributed by atoms with van der Waals surface area (Å²) in [4.78, 5) is 15.0. The van der Waals surface area contributed by atoms with Gasteiger partial charge >= 0.3 is 0 Å². The molecule has 0 atom stereocenters. The van der Waals surface area contributed by atoms with Crippen LogP contribution < -0.4 is 21.5 Å². The van der Waals surface area contributed by atoms with Crippen LogP contribution in [0.15, 0.2) is 0 Å². The van der Waals surface area contributed by atoms with Gasteiger partial charge < -0.3 is 15.0 Å². The van der Waals surface area contributed by atoms with Crippen LogP contribution in [0.3, 0.4) is 0 Å². The van der Waals surface area contributed by atoms with E-state index in [0.717, 1.165) is 32.5 Å². The van der Waals surface area contributed by atoms with Crippen LogP contribution in [0.2, 0.25) is 0 Å². The molecule has 0 radical (unpaired) electrons. The van der Waals surface area contributed by atoms with Gasteiger partial charge in [-0.3, -0.25) is 5.43 Å². The summed E-state index contributed by atoms with van der Waals surface area (Å²) in [6.45, 7) is 5.92. The summed E-state index contributed by atoms with van der Waals surface area (Å²) in [5.41, 5.74) is 2.48. The first-order valence-electron chi connectivity index (χ1n) is 6.62. The van der Waals surface area contributed by atoms with E-state index in [2.05, 4.69) is 37.5 Å². The number of hydrazine groups is 1. The van der Waals surface area contributed by atoms with Crippen LogP contribution in [0.25, 0.3) is 0 Å². The fourth-order valence-corrected chi connectivity index (χ4v) is 1.79. The van der Waals surface area contributed by atoms with Gasteiger partial charge in [-0.1, -0.05) is 13.3 Å². The van der Waals surface area contributed by atoms with Crippen LogP contribution in [0.5, 0.6) is 0 Å². The van der Waals surface area contributed by atoms with E-state index in [0.29, 0.717) is 31.1 Å². The van der Waals surface area contributed by atoms with Crippen molar-refractivity contribution in [2.45, 2.75) is 19.8 Å². The molecule has 0 unspecified atom stereocenters. The number of nitrogens with two attached hydrogens (primary N) is 1. The summed E-state index contributed by atoms with van der Waals surface area (Å²) in [6.07, 6.45) is 2.19. The number of hydrogen-bond acceptors (Lipinski definition) is 8. The van der Waals surface area contributed by atoms with E-state index in [1.54, 1.807) is 0 Å². The van der Waals surface area contributed by atoms with Crippen molar-refractivity contribution in [1.29, 1.82) is 0 Å². The summed E-state index contributed by atoms with van der Waals surface area (Å²) >= 11 is 0. The lowest BCUT2D eigenvalue weighted by Gasteiger charge is -2.27. The minimum atomic E-state index is 0.371. The van der Waals surface area contributed by atoms with E-state index in [9.17, 15) is 0 Å². The Hall–Kier alpha value is -1.67. The number of ether oxygens (including phenoxy) is 1. The topological polar surface area (TPSA) is 101 Å². The second kappa shape index (κ2) is 7.05. The van der Waals surface area contributed by atoms with Crippen molar-refractivity contribution in [2.75, 3.05) is 48.5 Å². The van der Waals surface area contributed by atoms with Crippen molar-refractivity contribution < 1.29 is 4.74 Å². The summed E-state index contributed by atoms with van der Waals surface area (Å²) in [6, 6.07) is 0. The van der Waals surface area contributed by atoms with Crippen molar-refractivity contribution in [3.63, 3.8) is 0 Å². The van der Waals surface area contributed by atoms with Crippen LogP contribution >= 0.6 is 0 Å². The third-order valence-corrected chi connectivity index (χ3v) is 2.86. The highest BCUT2D eigenvalue weighted by Crippen LogP contribution is 2.14. The molecule has 1 saturated heterocycles. The predicted octanol–water partition coefficient (Wildman–Crippen LogP) is 0.206. The van der Waals surface area contributed by atoms with Crippen molar-refractivity contribution >= 4 is 17.8 Å². The van der Waals surface area contributed by atoms with E-state index < -0.39 is 0 Å². The average molecular weight is 267 g/mol. The number of nitrogen functional groups attached to an aromatic ring is 1. The Bertz CT molecular complexity index is 395. The molecular weight excluding hydrogens is 246 g/mol. The second-order valence-corrected chi connectivity index (χ2v) is 4.31. The van der Waals surface area contributed by atoms with Gasteiger partial charge in [0.05, 0.1) is 13.2 Å². The zero-order chi connectivity index (χ0) is 13.5. The van der Waals surface area contributed by atoms with E-state index in [-0.39, 0.29) is 0 Å². The molecule has 0 aromatic carbocycles. The third-order valence-electron chi connectivity index (χ3n) is 2.86. The van der Waals surface area contributed by atoms with Crippen LogP contribution in [-0.4, -0.2) is 47.8 Å². The number of nitrogens with zero attached hydrogens (tertiary/aromatic N) is 4. The lowest BCUT2D eigenvalue weighted by Crippen LogP contribution is -2.37. The van der Waals surface area contributed by atoms with Gasteiger partial charge in [-0.25, -0.2) is 5.84 Å². The van der Waals surface area contributed by atoms with E-state index in [1.807, 2.05) is 0 Å². The minimum Gasteiger partial charge on any atom is -0.378 e. The van der Waals surface area contributed by atoms with Gasteiger partial charge in [-0.2, -0.15) is 15.0 Å². The molecule has 0 aliphatic carbocycles. The summed E-state index contributed by atoms with van der Waals surface area (Å²) in [5.74, 6) is 6.95. The normalized spacial score (nSPS) is 15.4. The van der Waals surface area contributed by atoms with Gasteiger partial charge in [0.1, 0.15) is 0 Å². The molecule has 8 nitrogen and oxygen atoms in total. The lowest BCUT2D eigenvalue weighted by molar-refractivity contribution is 0.122. The highest BCUT2D eigenvalue weighted by atomic mass is 16.5. The molecule has 1 aromatic rings. The van der Waals surface area contributed by atoms with Crippen molar-refractivity contribution in [3.8, 4) is 0 Å². The quantitative estimate of drug-likeness (QED) is 0.382. The van der Waals surface area contributed by atoms with Crippen molar-refractivity contribution in [2.24, 2.45) is 5.84 Å². The maximum atomic E-state index is 5.40. The fourth-order valence-electron chi connectivity index (χ4n) is 1.79. The summed E-state index contributed by atoms with van der Waals surface area (Å²) in [7, 11) is 0. The highest BCUT2D eigenvalue weighted by Gasteiger charge is 2.16. The summed E-state index contributed by atoms with van der Waals surface area (Å²) in [5, 5.41) is 3.18. The van der Waals surface area contributed by atoms with E-state index in [4.69, 9.17) is 10.6 Å². The molecule has 2 heterocycles. The number of aromatic nitrogens is 3. The highest BCUT2D eigenvalue weighted by molar-refractivity contribution is 5.43. The number of nitrogens with one attached hydrogen (secondary N) is 2. The molecule has 2 rings (SSSR count). The molecule has 106 valence electrons. The standard InChI is InChI=1S/C11H21N7O/c1-2-3-4-13-9-14-10(17-12)16-11(15-9)18-5-7-19-8-6-18/h2-8,12H2,1H3,(H2,13,14,15,16,17). The van der Waals surface area contributed by atoms with Gasteiger partial charge in [0, 0.05) is 19.6 Å². The predicted molar refractivity (Wildman–Crippen MR) is 74.1 cm³/mol. The first-order chi connectivity index (χ1) is 9.33. The van der Waals surface area contributed by atoms with Crippen LogP contribution in [0, 0.1) is 0 Å². The molecule has 8 heteroatoms. The SMILES string of the molecule is CCCCNc1nc(NN)nc(N2CCOCC2)n1. The average Bonchev–Trinajstić information content (AvgIpc) is 2.48. The Morgan fingerprint density at radius 3 is 2.63 bits per heavy atom. The Morgan fingerprint density at radius 2 is 1.95 bits per heavy atom. The molecule has 1 fully saturated rings. The first-order valence-corrected chi connectivity index (χ1v) is 6.62. The molecule has 0 amide bonds. The van der Waals surface area contributed by atoms with E-state index in [1.165, 1.54) is 0 Å². The van der Waals surface area contributed by atoms with Crippen molar-refractivity contribution in [1.82, 2.24) is 15.0 Å². The zero-order valence-corrected chi connectivity index (χ0v) is 11.2. The Kier molecular flexibility index (Phi) is 5.10. The molecule has 4 N–H and O–H groups in total. The van der Waals surface area contributed by atoms with Gasteiger partial charge in [0.25, 0.3) is 0 Å². The van der Waals surface area contributed by atoms with E-state index >= 15 is 0 Å². The van der Waals surface area contributed by atoms with Gasteiger partial charge in [-0.15, -0.1) is 0 Å². The van der Waals surface area contributed by atoms with Crippen molar-refractivity contribution in [3.05, 3.63) is 0 Å². The Balaban J connectivity index is 2.10.